The van der Waals surface area contributed by atoms with Crippen LogP contribution in [0.5, 0.6) is 0 Å². The van der Waals surface area contributed by atoms with Crippen LogP contribution in [0.4, 0.5) is 0 Å². The zero-order chi connectivity index (χ0) is 13.0. The number of hydrogen-bond acceptors (Lipinski definition) is 2. The van der Waals surface area contributed by atoms with Crippen molar-refractivity contribution in [2.45, 2.75) is 52.9 Å². The predicted molar refractivity (Wildman–Crippen MR) is 78.8 cm³/mol. The van der Waals surface area contributed by atoms with E-state index in [1.54, 1.807) is 0 Å². The molecular weight excluding hydrogens is 220 g/mol. The molecule has 2 heteroatoms. The van der Waals surface area contributed by atoms with Crippen molar-refractivity contribution in [1.29, 1.82) is 0 Å². The van der Waals surface area contributed by atoms with Crippen molar-refractivity contribution in [3.05, 3.63) is 0 Å². The molecule has 0 bridgehead atoms. The molecule has 2 saturated heterocycles. The van der Waals surface area contributed by atoms with E-state index in [9.17, 15) is 0 Å². The predicted octanol–water partition coefficient (Wildman–Crippen LogP) is 3.13. The number of likely N-dealkylation sites (tertiary alicyclic amines) is 1. The summed E-state index contributed by atoms with van der Waals surface area (Å²) in [5.41, 5.74) is 0.593. The Labute approximate surface area is 114 Å². The van der Waals surface area contributed by atoms with Crippen molar-refractivity contribution in [1.82, 2.24) is 10.2 Å². The standard InChI is InChI=1S/C16H32N2/c1-14(15-5-4-9-17-13-15)6-10-18-11-7-16(2,3)8-12-18/h14-15,17H,4-13H2,1-3H3. The van der Waals surface area contributed by atoms with Crippen molar-refractivity contribution in [3.63, 3.8) is 0 Å². The van der Waals surface area contributed by atoms with E-state index in [1.165, 1.54) is 64.8 Å². The molecule has 0 amide bonds. The second-order valence-corrected chi connectivity index (χ2v) is 7.38. The second-order valence-electron chi connectivity index (χ2n) is 7.38. The molecule has 2 aliphatic rings. The van der Waals surface area contributed by atoms with Gasteiger partial charge in [0.15, 0.2) is 0 Å². The van der Waals surface area contributed by atoms with Gasteiger partial charge >= 0.3 is 0 Å². The Morgan fingerprint density at radius 2 is 2.00 bits per heavy atom. The van der Waals surface area contributed by atoms with Gasteiger partial charge in [-0.15, -0.1) is 0 Å². The van der Waals surface area contributed by atoms with Crippen LogP contribution in [0, 0.1) is 17.3 Å². The molecule has 0 aromatic carbocycles. The van der Waals surface area contributed by atoms with Crippen LogP contribution in [0.2, 0.25) is 0 Å². The highest BCUT2D eigenvalue weighted by atomic mass is 15.1. The SMILES string of the molecule is CC(CCN1CCC(C)(C)CC1)C1CCCNC1. The third kappa shape index (κ3) is 4.24. The van der Waals surface area contributed by atoms with Crippen LogP contribution in [-0.4, -0.2) is 37.6 Å². The van der Waals surface area contributed by atoms with Gasteiger partial charge in [0.2, 0.25) is 0 Å². The van der Waals surface area contributed by atoms with Gasteiger partial charge in [0.05, 0.1) is 0 Å². The molecule has 106 valence electrons. The van der Waals surface area contributed by atoms with E-state index >= 15 is 0 Å². The summed E-state index contributed by atoms with van der Waals surface area (Å²) in [7, 11) is 0. The summed E-state index contributed by atoms with van der Waals surface area (Å²) < 4.78 is 0. The lowest BCUT2D eigenvalue weighted by molar-refractivity contribution is 0.121. The zero-order valence-electron chi connectivity index (χ0n) is 12.7. The van der Waals surface area contributed by atoms with Crippen LogP contribution in [0.3, 0.4) is 0 Å². The number of nitrogens with zero attached hydrogens (tertiary/aromatic N) is 1. The molecule has 0 radical (unpaired) electrons. The van der Waals surface area contributed by atoms with Crippen LogP contribution in [-0.2, 0) is 0 Å². The average molecular weight is 252 g/mol. The van der Waals surface area contributed by atoms with Gasteiger partial charge in [0, 0.05) is 0 Å². The fourth-order valence-corrected chi connectivity index (χ4v) is 3.37. The van der Waals surface area contributed by atoms with E-state index in [0.717, 1.165) is 11.8 Å². The van der Waals surface area contributed by atoms with Gasteiger partial charge in [-0.25, -0.2) is 0 Å². The largest absolute Gasteiger partial charge is 0.316 e. The molecule has 0 aliphatic carbocycles. The maximum atomic E-state index is 3.55. The van der Waals surface area contributed by atoms with Crippen LogP contribution >= 0.6 is 0 Å². The van der Waals surface area contributed by atoms with Crippen LogP contribution < -0.4 is 5.32 Å². The van der Waals surface area contributed by atoms with E-state index in [4.69, 9.17) is 0 Å². The quantitative estimate of drug-likeness (QED) is 0.827. The molecule has 0 aromatic heterocycles. The van der Waals surface area contributed by atoms with Gasteiger partial charge in [-0.1, -0.05) is 20.8 Å². The number of hydrogen-bond donors (Lipinski definition) is 1. The smallest absolute Gasteiger partial charge is 0.00136 e. The van der Waals surface area contributed by atoms with Gasteiger partial charge < -0.3 is 10.2 Å². The van der Waals surface area contributed by atoms with Crippen LogP contribution in [0.25, 0.3) is 0 Å². The molecule has 2 aliphatic heterocycles. The second kappa shape index (κ2) is 6.38. The summed E-state index contributed by atoms with van der Waals surface area (Å²) in [6, 6.07) is 0. The van der Waals surface area contributed by atoms with Gasteiger partial charge in [-0.3, -0.25) is 0 Å². The molecule has 0 spiro atoms. The summed E-state index contributed by atoms with van der Waals surface area (Å²) in [6.45, 7) is 13.8. The Kier molecular flexibility index (Phi) is 5.08. The van der Waals surface area contributed by atoms with E-state index in [1.807, 2.05) is 0 Å². The monoisotopic (exact) mass is 252 g/mol. The minimum absolute atomic E-state index is 0.593. The van der Waals surface area contributed by atoms with Gasteiger partial charge in [0.25, 0.3) is 0 Å². The van der Waals surface area contributed by atoms with Crippen molar-refractivity contribution in [2.75, 3.05) is 32.7 Å². The zero-order valence-corrected chi connectivity index (χ0v) is 12.7. The van der Waals surface area contributed by atoms with Gasteiger partial charge in [-0.05, 0) is 82.1 Å². The fourth-order valence-electron chi connectivity index (χ4n) is 3.37. The first-order valence-electron chi connectivity index (χ1n) is 8.00. The van der Waals surface area contributed by atoms with E-state index in [-0.39, 0.29) is 0 Å². The fraction of sp³-hybridized carbons (Fsp3) is 1.00. The Morgan fingerprint density at radius 3 is 2.61 bits per heavy atom. The average Bonchev–Trinajstić information content (AvgIpc) is 2.38. The number of nitrogens with one attached hydrogen (secondary N) is 1. The number of rotatable bonds is 4. The Morgan fingerprint density at radius 1 is 1.28 bits per heavy atom. The minimum atomic E-state index is 0.593. The molecular formula is C16H32N2. The lowest BCUT2D eigenvalue weighted by atomic mass is 9.82. The Balaban J connectivity index is 1.65. The Hall–Kier alpha value is -0.0800. The van der Waals surface area contributed by atoms with Crippen LogP contribution in [0.1, 0.15) is 52.9 Å². The highest BCUT2D eigenvalue weighted by Crippen LogP contribution is 2.30. The van der Waals surface area contributed by atoms with Crippen molar-refractivity contribution in [2.24, 2.45) is 17.3 Å². The molecule has 2 rings (SSSR count). The molecule has 1 N–H and O–H groups in total. The summed E-state index contributed by atoms with van der Waals surface area (Å²) in [4.78, 5) is 2.69. The maximum Gasteiger partial charge on any atom is -0.00136 e. The van der Waals surface area contributed by atoms with E-state index < -0.39 is 0 Å². The first-order valence-corrected chi connectivity index (χ1v) is 8.00. The molecule has 0 saturated carbocycles. The first kappa shape index (κ1) is 14.3. The highest BCUT2D eigenvalue weighted by Gasteiger charge is 2.26. The van der Waals surface area contributed by atoms with E-state index in [0.29, 0.717) is 5.41 Å². The lowest BCUT2D eigenvalue weighted by Gasteiger charge is -2.38. The maximum absolute atomic E-state index is 3.55. The van der Waals surface area contributed by atoms with E-state index in [2.05, 4.69) is 31.0 Å². The first-order chi connectivity index (χ1) is 8.57. The molecule has 2 atom stereocenters. The summed E-state index contributed by atoms with van der Waals surface area (Å²) in [5.74, 6) is 1.83. The number of piperidine rings is 2. The Bertz CT molecular complexity index is 233. The third-order valence-corrected chi connectivity index (χ3v) is 5.25. The van der Waals surface area contributed by atoms with Crippen LogP contribution in [0.15, 0.2) is 0 Å². The van der Waals surface area contributed by atoms with Crippen molar-refractivity contribution in [3.8, 4) is 0 Å². The summed E-state index contributed by atoms with van der Waals surface area (Å²) in [5, 5.41) is 3.55. The molecule has 2 unspecified atom stereocenters. The van der Waals surface area contributed by atoms with Crippen molar-refractivity contribution >= 4 is 0 Å². The van der Waals surface area contributed by atoms with Gasteiger partial charge in [0.1, 0.15) is 0 Å². The summed E-state index contributed by atoms with van der Waals surface area (Å²) in [6.07, 6.45) is 6.99. The molecule has 0 aromatic rings. The van der Waals surface area contributed by atoms with Gasteiger partial charge in [-0.2, -0.15) is 0 Å². The molecule has 18 heavy (non-hydrogen) atoms. The normalized spacial score (nSPS) is 31.2. The summed E-state index contributed by atoms with van der Waals surface area (Å²) >= 11 is 0. The highest BCUT2D eigenvalue weighted by molar-refractivity contribution is 4.80. The third-order valence-electron chi connectivity index (χ3n) is 5.25. The lowest BCUT2D eigenvalue weighted by Crippen LogP contribution is -2.39. The van der Waals surface area contributed by atoms with Crippen molar-refractivity contribution < 1.29 is 0 Å². The topological polar surface area (TPSA) is 15.3 Å². The molecule has 2 nitrogen and oxygen atoms in total. The minimum Gasteiger partial charge on any atom is -0.316 e. The molecule has 2 fully saturated rings. The molecule has 2 heterocycles.